The predicted molar refractivity (Wildman–Crippen MR) is 122 cm³/mol. The molecule has 5 heteroatoms. The van der Waals surface area contributed by atoms with Crippen molar-refractivity contribution < 1.29 is 9.69 Å². The number of benzene rings is 1. The number of quaternary nitrogens is 1. The molecule has 1 aromatic heterocycles. The Kier molecular flexibility index (Phi) is 5.41. The molecule has 1 aromatic carbocycles. The van der Waals surface area contributed by atoms with Gasteiger partial charge >= 0.3 is 0 Å². The first-order chi connectivity index (χ1) is 14.9. The van der Waals surface area contributed by atoms with Crippen LogP contribution in [0.1, 0.15) is 55.5 Å². The van der Waals surface area contributed by atoms with Crippen molar-refractivity contribution in [3.05, 3.63) is 47.3 Å². The zero-order valence-corrected chi connectivity index (χ0v) is 19.3. The average Bonchev–Trinajstić information content (AvgIpc) is 3.00. The van der Waals surface area contributed by atoms with E-state index in [1.807, 2.05) is 22.9 Å². The highest BCUT2D eigenvalue weighted by molar-refractivity contribution is 5.76. The fourth-order valence-corrected chi connectivity index (χ4v) is 7.24. The summed E-state index contributed by atoms with van der Waals surface area (Å²) in [7, 11) is 2.11. The van der Waals surface area contributed by atoms with E-state index in [1.165, 1.54) is 49.0 Å². The summed E-state index contributed by atoms with van der Waals surface area (Å²) < 4.78 is 2.02. The molecule has 0 radical (unpaired) electrons. The zero-order chi connectivity index (χ0) is 21.6. The maximum Gasteiger partial charge on any atom is 0.275 e. The molecule has 1 amide bonds. The van der Waals surface area contributed by atoms with E-state index < -0.39 is 0 Å². The number of nitrogens with one attached hydrogen (secondary N) is 2. The minimum Gasteiger partial charge on any atom is -0.351 e. The first-order valence-electron chi connectivity index (χ1n) is 12.1. The number of aromatic nitrogens is 2. The Labute approximate surface area is 186 Å². The molecule has 4 aliphatic rings. The van der Waals surface area contributed by atoms with Crippen molar-refractivity contribution in [3.63, 3.8) is 0 Å². The van der Waals surface area contributed by atoms with Gasteiger partial charge in [-0.1, -0.05) is 18.2 Å². The topological polar surface area (TPSA) is 51.4 Å². The highest BCUT2D eigenvalue weighted by atomic mass is 16.2. The van der Waals surface area contributed by atoms with Crippen molar-refractivity contribution in [1.29, 1.82) is 0 Å². The lowest BCUT2D eigenvalue weighted by atomic mass is 9.49. The molecule has 5 nitrogen and oxygen atoms in total. The van der Waals surface area contributed by atoms with Gasteiger partial charge < -0.3 is 10.2 Å². The van der Waals surface area contributed by atoms with Crippen LogP contribution in [0.15, 0.2) is 30.3 Å². The SMILES string of the molecule is Cc1nn(-c2ccccc2)c(C)c1C[NH+](C)CC(=O)NCC12CC3CC(CC(C3)C1)C2. The van der Waals surface area contributed by atoms with E-state index in [9.17, 15) is 4.79 Å². The van der Waals surface area contributed by atoms with Gasteiger partial charge in [0.1, 0.15) is 6.54 Å². The van der Waals surface area contributed by atoms with Gasteiger partial charge in [0, 0.05) is 6.54 Å². The quantitative estimate of drug-likeness (QED) is 0.722. The molecule has 6 rings (SSSR count). The van der Waals surface area contributed by atoms with E-state index in [1.54, 1.807) is 0 Å². The van der Waals surface area contributed by atoms with E-state index in [0.29, 0.717) is 12.0 Å². The molecule has 1 unspecified atom stereocenters. The molecule has 0 aliphatic heterocycles. The standard InChI is InChI=1S/C26H36N4O/c1-18-24(19(2)30(28-18)23-7-5-4-6-8-23)15-29(3)16-25(31)27-17-26-12-20-9-21(13-26)11-22(10-20)14-26/h4-8,20-22H,9-17H2,1-3H3,(H,27,31)/p+1. The normalized spacial score (nSPS) is 29.8. The maximum absolute atomic E-state index is 12.8. The van der Waals surface area contributed by atoms with Crippen molar-refractivity contribution >= 4 is 5.91 Å². The number of para-hydroxylation sites is 1. The van der Waals surface area contributed by atoms with Crippen molar-refractivity contribution in [1.82, 2.24) is 15.1 Å². The second kappa shape index (κ2) is 8.09. The molecule has 166 valence electrons. The van der Waals surface area contributed by atoms with E-state index in [2.05, 4.69) is 38.3 Å². The molecule has 0 saturated heterocycles. The Bertz CT molecular complexity index is 913. The van der Waals surface area contributed by atoms with Crippen LogP contribution in [0.4, 0.5) is 0 Å². The Morgan fingerprint density at radius 1 is 1.10 bits per heavy atom. The first-order valence-corrected chi connectivity index (χ1v) is 12.1. The van der Waals surface area contributed by atoms with Crippen LogP contribution >= 0.6 is 0 Å². The van der Waals surface area contributed by atoms with E-state index >= 15 is 0 Å². The lowest BCUT2D eigenvalue weighted by molar-refractivity contribution is -0.885. The van der Waals surface area contributed by atoms with Crippen LogP contribution in [0, 0.1) is 37.0 Å². The summed E-state index contributed by atoms with van der Waals surface area (Å²) in [5, 5.41) is 8.09. The summed E-state index contributed by atoms with van der Waals surface area (Å²) in [5.41, 5.74) is 4.95. The third-order valence-corrected chi connectivity index (χ3v) is 8.21. The number of aryl methyl sites for hydroxylation is 1. The number of carbonyl (C=O) groups is 1. The molecule has 1 heterocycles. The Hall–Kier alpha value is -2.14. The minimum atomic E-state index is 0.194. The molecule has 4 aliphatic carbocycles. The maximum atomic E-state index is 12.8. The number of likely N-dealkylation sites (N-methyl/N-ethyl adjacent to an activating group) is 1. The molecule has 1 atom stereocenters. The average molecular weight is 422 g/mol. The van der Waals surface area contributed by atoms with Crippen molar-refractivity contribution in [2.24, 2.45) is 23.2 Å². The van der Waals surface area contributed by atoms with Crippen LogP contribution in [0.2, 0.25) is 0 Å². The number of hydrogen-bond acceptors (Lipinski definition) is 2. The Balaban J connectivity index is 1.17. The second-order valence-electron chi connectivity index (χ2n) is 10.9. The smallest absolute Gasteiger partial charge is 0.275 e. The fraction of sp³-hybridized carbons (Fsp3) is 0.615. The van der Waals surface area contributed by atoms with Gasteiger partial charge in [-0.2, -0.15) is 5.10 Å². The third kappa shape index (κ3) is 4.17. The van der Waals surface area contributed by atoms with Crippen molar-refractivity contribution in [3.8, 4) is 5.69 Å². The Morgan fingerprint density at radius 3 is 2.32 bits per heavy atom. The third-order valence-electron chi connectivity index (χ3n) is 8.21. The van der Waals surface area contributed by atoms with Gasteiger partial charge in [-0.05, 0) is 87.7 Å². The molecule has 31 heavy (non-hydrogen) atoms. The fourth-order valence-electron chi connectivity index (χ4n) is 7.24. The minimum absolute atomic E-state index is 0.194. The molecule has 2 N–H and O–H groups in total. The lowest BCUT2D eigenvalue weighted by Gasteiger charge is -2.56. The number of rotatable bonds is 7. The van der Waals surface area contributed by atoms with E-state index in [4.69, 9.17) is 5.10 Å². The Morgan fingerprint density at radius 2 is 1.71 bits per heavy atom. The van der Waals surface area contributed by atoms with Crippen LogP contribution in [0.5, 0.6) is 0 Å². The van der Waals surface area contributed by atoms with Gasteiger partial charge in [0.2, 0.25) is 0 Å². The predicted octanol–water partition coefficient (Wildman–Crippen LogP) is 2.84. The van der Waals surface area contributed by atoms with Crippen LogP contribution in [-0.2, 0) is 11.3 Å². The number of amides is 1. The van der Waals surface area contributed by atoms with Crippen LogP contribution < -0.4 is 10.2 Å². The van der Waals surface area contributed by atoms with Crippen LogP contribution in [0.25, 0.3) is 5.69 Å². The highest BCUT2D eigenvalue weighted by Crippen LogP contribution is 2.59. The number of hydrogen-bond donors (Lipinski definition) is 2. The molecule has 4 fully saturated rings. The molecule has 0 spiro atoms. The molecule has 2 aromatic rings. The summed E-state index contributed by atoms with van der Waals surface area (Å²) >= 11 is 0. The summed E-state index contributed by atoms with van der Waals surface area (Å²) in [5.74, 6) is 3.00. The van der Waals surface area contributed by atoms with E-state index in [-0.39, 0.29) is 5.91 Å². The summed E-state index contributed by atoms with van der Waals surface area (Å²) in [6.07, 6.45) is 8.40. The number of carbonyl (C=O) groups excluding carboxylic acids is 1. The monoisotopic (exact) mass is 421 g/mol. The second-order valence-corrected chi connectivity index (χ2v) is 10.9. The van der Waals surface area contributed by atoms with Gasteiger partial charge in [-0.25, -0.2) is 4.68 Å². The zero-order valence-electron chi connectivity index (χ0n) is 19.3. The van der Waals surface area contributed by atoms with Crippen LogP contribution in [0.3, 0.4) is 0 Å². The molecular formula is C26H37N4O+. The highest BCUT2D eigenvalue weighted by Gasteiger charge is 2.50. The summed E-state index contributed by atoms with van der Waals surface area (Å²) in [4.78, 5) is 14.0. The van der Waals surface area contributed by atoms with Gasteiger partial charge in [0.15, 0.2) is 6.54 Å². The van der Waals surface area contributed by atoms with Gasteiger partial charge in [0.25, 0.3) is 5.91 Å². The van der Waals surface area contributed by atoms with Gasteiger partial charge in [-0.3, -0.25) is 4.79 Å². The first kappa shape index (κ1) is 20.7. The van der Waals surface area contributed by atoms with Gasteiger partial charge in [0.05, 0.1) is 29.7 Å². The summed E-state index contributed by atoms with van der Waals surface area (Å²) in [6, 6.07) is 10.3. The van der Waals surface area contributed by atoms with Crippen molar-refractivity contribution in [2.75, 3.05) is 20.1 Å². The lowest BCUT2D eigenvalue weighted by Crippen LogP contribution is -3.09. The molecular weight excluding hydrogens is 384 g/mol. The number of nitrogens with zero attached hydrogens (tertiary/aromatic N) is 2. The molecule has 4 bridgehead atoms. The van der Waals surface area contributed by atoms with Gasteiger partial charge in [-0.15, -0.1) is 0 Å². The van der Waals surface area contributed by atoms with Crippen molar-refractivity contribution in [2.45, 2.75) is 58.9 Å². The molecule has 4 saturated carbocycles. The van der Waals surface area contributed by atoms with Crippen LogP contribution in [-0.4, -0.2) is 35.8 Å². The summed E-state index contributed by atoms with van der Waals surface area (Å²) in [6.45, 7) is 6.43. The van der Waals surface area contributed by atoms with E-state index in [0.717, 1.165) is 47.9 Å². The largest absolute Gasteiger partial charge is 0.351 e.